The van der Waals surface area contributed by atoms with Crippen LogP contribution < -0.4 is 25.4 Å². The summed E-state index contributed by atoms with van der Waals surface area (Å²) in [5.41, 5.74) is 2.95. The van der Waals surface area contributed by atoms with Gasteiger partial charge < -0.3 is 30.3 Å². The number of anilines is 2. The van der Waals surface area contributed by atoms with Gasteiger partial charge in [0.05, 0.1) is 0 Å². The van der Waals surface area contributed by atoms with Crippen LogP contribution in [0.2, 0.25) is 0 Å². The summed E-state index contributed by atoms with van der Waals surface area (Å²) < 4.78 is 12.4. The van der Waals surface area contributed by atoms with Crippen molar-refractivity contribution in [3.8, 4) is 17.2 Å². The molecular formula is C37H50N4O4. The minimum Gasteiger partial charge on any atom is -0.490 e. The van der Waals surface area contributed by atoms with E-state index in [0.29, 0.717) is 17.0 Å². The highest BCUT2D eigenvalue weighted by Crippen LogP contribution is 2.33. The van der Waals surface area contributed by atoms with Gasteiger partial charge in [0.1, 0.15) is 23.4 Å². The zero-order valence-corrected chi connectivity index (χ0v) is 27.5. The number of hydrogen-bond donors (Lipinski definition) is 3. The molecule has 0 unspecified atom stereocenters. The fourth-order valence-corrected chi connectivity index (χ4v) is 5.46. The number of unbranched alkanes of at least 4 members (excludes halogenated alkanes) is 1. The topological polar surface area (TPSA) is 91.9 Å². The van der Waals surface area contributed by atoms with Gasteiger partial charge >= 0.3 is 6.03 Å². The summed E-state index contributed by atoms with van der Waals surface area (Å²) in [6.07, 6.45) is 6.54. The van der Waals surface area contributed by atoms with Crippen LogP contribution in [0.4, 0.5) is 16.2 Å². The molecule has 3 amide bonds. The molecule has 1 heterocycles. The number of piperidine rings is 1. The van der Waals surface area contributed by atoms with E-state index in [1.807, 2.05) is 54.6 Å². The molecule has 0 aliphatic carbocycles. The number of likely N-dealkylation sites (tertiary alicyclic amines) is 1. The molecule has 3 N–H and O–H groups in total. The van der Waals surface area contributed by atoms with Crippen molar-refractivity contribution in [1.29, 1.82) is 0 Å². The third-order valence-electron chi connectivity index (χ3n) is 8.33. The molecule has 0 atom stereocenters. The molecule has 0 radical (unpaired) electrons. The molecule has 1 aliphatic rings. The van der Waals surface area contributed by atoms with Crippen LogP contribution in [0.5, 0.6) is 17.2 Å². The Labute approximate surface area is 268 Å². The summed E-state index contributed by atoms with van der Waals surface area (Å²) in [7, 11) is 0. The summed E-state index contributed by atoms with van der Waals surface area (Å²) >= 11 is 0. The van der Waals surface area contributed by atoms with Crippen molar-refractivity contribution in [3.05, 3.63) is 77.9 Å². The van der Waals surface area contributed by atoms with E-state index in [-0.39, 0.29) is 30.0 Å². The van der Waals surface area contributed by atoms with Crippen LogP contribution in [-0.2, 0) is 0 Å². The van der Waals surface area contributed by atoms with Gasteiger partial charge in [-0.25, -0.2) is 4.79 Å². The molecule has 0 saturated carbocycles. The van der Waals surface area contributed by atoms with Gasteiger partial charge in [-0.15, -0.1) is 0 Å². The first-order chi connectivity index (χ1) is 21.8. The maximum atomic E-state index is 12.9. The van der Waals surface area contributed by atoms with Gasteiger partial charge in [-0.05, 0) is 117 Å². The number of carbonyl (C=O) groups is 2. The molecule has 45 heavy (non-hydrogen) atoms. The Morgan fingerprint density at radius 3 is 2.11 bits per heavy atom. The molecule has 0 bridgehead atoms. The Bertz CT molecular complexity index is 1360. The van der Waals surface area contributed by atoms with Crippen LogP contribution in [0.3, 0.4) is 0 Å². The van der Waals surface area contributed by atoms with Crippen LogP contribution in [0.1, 0.15) is 95.0 Å². The predicted octanol–water partition coefficient (Wildman–Crippen LogP) is 8.81. The van der Waals surface area contributed by atoms with Gasteiger partial charge in [-0.2, -0.15) is 0 Å². The smallest absolute Gasteiger partial charge is 0.319 e. The van der Waals surface area contributed by atoms with Crippen molar-refractivity contribution in [2.75, 3.05) is 30.3 Å². The molecule has 4 rings (SSSR count). The second-order valence-electron chi connectivity index (χ2n) is 12.1. The second-order valence-corrected chi connectivity index (χ2v) is 12.1. The van der Waals surface area contributed by atoms with E-state index in [0.717, 1.165) is 61.5 Å². The van der Waals surface area contributed by atoms with Crippen molar-refractivity contribution in [1.82, 2.24) is 10.2 Å². The third-order valence-corrected chi connectivity index (χ3v) is 8.33. The SMILES string of the molecule is CCCCN1CCC(Oc2ccc(C(=O)Nc3ccc(Oc4ccc(NC(=O)NC(CC)CC)cc4C(C)C)cc3)cc2)CC1. The molecule has 0 spiro atoms. The number of ether oxygens (including phenoxy) is 2. The van der Waals surface area contributed by atoms with E-state index in [2.05, 4.69) is 55.5 Å². The highest BCUT2D eigenvalue weighted by Gasteiger charge is 2.20. The normalized spacial score (nSPS) is 13.9. The highest BCUT2D eigenvalue weighted by atomic mass is 16.5. The number of nitrogens with zero attached hydrogens (tertiary/aromatic N) is 1. The molecule has 3 aromatic rings. The maximum absolute atomic E-state index is 12.9. The summed E-state index contributed by atoms with van der Waals surface area (Å²) in [5, 5.41) is 8.90. The van der Waals surface area contributed by atoms with Crippen molar-refractivity contribution in [3.63, 3.8) is 0 Å². The van der Waals surface area contributed by atoms with E-state index in [1.54, 1.807) is 12.1 Å². The van der Waals surface area contributed by atoms with Crippen LogP contribution >= 0.6 is 0 Å². The van der Waals surface area contributed by atoms with E-state index in [4.69, 9.17) is 9.47 Å². The number of rotatable bonds is 14. The third kappa shape index (κ3) is 10.2. The Hall–Kier alpha value is -4.04. The lowest BCUT2D eigenvalue weighted by atomic mass is 10.0. The Morgan fingerprint density at radius 2 is 1.49 bits per heavy atom. The van der Waals surface area contributed by atoms with Gasteiger partial charge in [-0.3, -0.25) is 4.79 Å². The molecule has 8 heteroatoms. The predicted molar refractivity (Wildman–Crippen MR) is 183 cm³/mol. The summed E-state index contributed by atoms with van der Waals surface area (Å²) in [5.74, 6) is 2.17. The molecule has 8 nitrogen and oxygen atoms in total. The lowest BCUT2D eigenvalue weighted by molar-refractivity contribution is 0.0996. The van der Waals surface area contributed by atoms with Gasteiger partial charge in [0, 0.05) is 36.1 Å². The molecule has 1 saturated heterocycles. The number of hydrogen-bond acceptors (Lipinski definition) is 5. The Balaban J connectivity index is 1.29. The number of benzene rings is 3. The summed E-state index contributed by atoms with van der Waals surface area (Å²) in [6.45, 7) is 13.9. The van der Waals surface area contributed by atoms with Crippen molar-refractivity contribution in [2.45, 2.75) is 91.2 Å². The number of amides is 3. The van der Waals surface area contributed by atoms with Crippen molar-refractivity contribution >= 4 is 23.3 Å². The van der Waals surface area contributed by atoms with Crippen molar-refractivity contribution < 1.29 is 19.1 Å². The molecular weight excluding hydrogens is 564 g/mol. The zero-order chi connectivity index (χ0) is 32.2. The molecule has 242 valence electrons. The van der Waals surface area contributed by atoms with E-state index >= 15 is 0 Å². The van der Waals surface area contributed by atoms with E-state index in [1.165, 1.54) is 19.4 Å². The monoisotopic (exact) mass is 614 g/mol. The van der Waals surface area contributed by atoms with E-state index in [9.17, 15) is 9.59 Å². The fraction of sp³-hybridized carbons (Fsp3) is 0.459. The Kier molecular flexibility index (Phi) is 12.7. The minimum atomic E-state index is -0.206. The van der Waals surface area contributed by atoms with Gasteiger partial charge in [0.15, 0.2) is 0 Å². The average molecular weight is 615 g/mol. The van der Waals surface area contributed by atoms with Crippen molar-refractivity contribution in [2.24, 2.45) is 0 Å². The maximum Gasteiger partial charge on any atom is 0.319 e. The largest absolute Gasteiger partial charge is 0.490 e. The molecule has 0 aromatic heterocycles. The van der Waals surface area contributed by atoms with Gasteiger partial charge in [0.25, 0.3) is 5.91 Å². The number of nitrogens with one attached hydrogen (secondary N) is 3. The summed E-state index contributed by atoms with van der Waals surface area (Å²) in [4.78, 5) is 27.9. The molecule has 1 aliphatic heterocycles. The molecule has 3 aromatic carbocycles. The molecule has 1 fully saturated rings. The number of urea groups is 1. The summed E-state index contributed by atoms with van der Waals surface area (Å²) in [6, 6.07) is 20.3. The quantitative estimate of drug-likeness (QED) is 0.169. The standard InChI is InChI=1S/C37H50N4O4/c1-6-9-22-41-23-20-33(21-24-41)44-31-15-10-27(11-16-31)36(42)38-29-12-17-32(18-13-29)45-35-19-14-30(25-34(35)26(4)5)40-37(43)39-28(7-2)8-3/h10-19,25-26,28,33H,6-9,20-24H2,1-5H3,(H,38,42)(H2,39,40,43). The van der Waals surface area contributed by atoms with Crippen LogP contribution in [0.15, 0.2) is 66.7 Å². The lowest BCUT2D eigenvalue weighted by Gasteiger charge is -2.32. The number of carbonyl (C=O) groups excluding carboxylic acids is 2. The first-order valence-corrected chi connectivity index (χ1v) is 16.6. The van der Waals surface area contributed by atoms with Crippen LogP contribution in [-0.4, -0.2) is 48.6 Å². The van der Waals surface area contributed by atoms with Crippen LogP contribution in [0.25, 0.3) is 0 Å². The second kappa shape index (κ2) is 16.9. The fourth-order valence-electron chi connectivity index (χ4n) is 5.46. The Morgan fingerprint density at radius 1 is 0.844 bits per heavy atom. The highest BCUT2D eigenvalue weighted by molar-refractivity contribution is 6.04. The first kappa shape index (κ1) is 33.8. The lowest BCUT2D eigenvalue weighted by Crippen LogP contribution is -2.38. The first-order valence-electron chi connectivity index (χ1n) is 16.6. The van der Waals surface area contributed by atoms with Gasteiger partial charge in [0.2, 0.25) is 0 Å². The minimum absolute atomic E-state index is 0.151. The average Bonchev–Trinajstić information content (AvgIpc) is 3.05. The van der Waals surface area contributed by atoms with E-state index < -0.39 is 0 Å². The van der Waals surface area contributed by atoms with Gasteiger partial charge in [-0.1, -0.05) is 41.0 Å². The van der Waals surface area contributed by atoms with Crippen LogP contribution in [0, 0.1) is 0 Å². The zero-order valence-electron chi connectivity index (χ0n) is 27.5.